The number of hydrogen-bond acceptors (Lipinski definition) is 2. The Morgan fingerprint density at radius 2 is 2.75 bits per heavy atom. The first kappa shape index (κ1) is 5.48. The number of aliphatic carboxylic acids is 1. The van der Waals surface area contributed by atoms with Crippen LogP contribution in [0.1, 0.15) is 0 Å². The summed E-state index contributed by atoms with van der Waals surface area (Å²) in [6.45, 7) is 0. The average Bonchev–Trinajstić information content (AvgIpc) is 2.12. The molecule has 0 aromatic heterocycles. The van der Waals surface area contributed by atoms with Crippen molar-refractivity contribution in [3.63, 3.8) is 0 Å². The van der Waals surface area contributed by atoms with Crippen molar-refractivity contribution in [1.29, 1.82) is 0 Å². The third-order valence-electron chi connectivity index (χ3n) is 0.738. The maximum Gasteiger partial charge on any atom is 0.350 e. The maximum absolute atomic E-state index is 10.1. The van der Waals surface area contributed by atoms with Crippen molar-refractivity contribution in [3.05, 3.63) is 16.7 Å². The van der Waals surface area contributed by atoms with Gasteiger partial charge in [-0.3, -0.25) is 0 Å². The number of rotatable bonds is 1. The van der Waals surface area contributed by atoms with E-state index in [9.17, 15) is 4.79 Å². The molecule has 0 atom stereocenters. The second-order valence-corrected chi connectivity index (χ2v) is 2.32. The molecule has 1 aliphatic rings. The van der Waals surface area contributed by atoms with Crippen LogP contribution < -0.4 is 0 Å². The molecule has 1 N–H and O–H groups in total. The van der Waals surface area contributed by atoms with Gasteiger partial charge < -0.3 is 5.11 Å². The monoisotopic (exact) mass is 128 g/mol. The first-order valence-electron chi connectivity index (χ1n) is 2.12. The zero-order valence-electron chi connectivity index (χ0n) is 4.05. The summed E-state index contributed by atoms with van der Waals surface area (Å²) in [5.74, 6) is -0.120. The van der Waals surface area contributed by atoms with Gasteiger partial charge in [0.25, 0.3) is 0 Å². The van der Waals surface area contributed by atoms with Gasteiger partial charge in [0.2, 0.25) is 0 Å². The first-order chi connectivity index (χ1) is 3.80. The van der Waals surface area contributed by atoms with E-state index >= 15 is 0 Å². The Bertz CT molecular complexity index is 177. The molecular weight excluding hydrogens is 124 g/mol. The zero-order valence-corrected chi connectivity index (χ0v) is 4.86. The summed E-state index contributed by atoms with van der Waals surface area (Å²) < 4.78 is 0. The largest absolute Gasteiger partial charge is 0.477 e. The minimum absolute atomic E-state index is 0.324. The molecule has 0 amide bonds. The summed E-state index contributed by atoms with van der Waals surface area (Å²) in [5.41, 5.74) is 2.61. The van der Waals surface area contributed by atoms with Crippen molar-refractivity contribution >= 4 is 17.7 Å². The third-order valence-corrected chi connectivity index (χ3v) is 1.65. The van der Waals surface area contributed by atoms with Gasteiger partial charge in [-0.15, -0.1) is 17.5 Å². The number of carboxylic acid groups (broad SMARTS) is 1. The highest BCUT2D eigenvalue weighted by Crippen LogP contribution is 2.18. The van der Waals surface area contributed by atoms with E-state index in [2.05, 4.69) is 5.73 Å². The van der Waals surface area contributed by atoms with Crippen LogP contribution in [-0.2, 0) is 4.79 Å². The van der Waals surface area contributed by atoms with Crippen molar-refractivity contribution in [2.24, 2.45) is 0 Å². The smallest absolute Gasteiger partial charge is 0.350 e. The van der Waals surface area contributed by atoms with Crippen LogP contribution in [0.4, 0.5) is 0 Å². The second-order valence-electron chi connectivity index (χ2n) is 1.29. The van der Waals surface area contributed by atoms with Gasteiger partial charge in [-0.25, -0.2) is 4.79 Å². The van der Waals surface area contributed by atoms with E-state index in [0.29, 0.717) is 4.91 Å². The van der Waals surface area contributed by atoms with E-state index in [1.165, 1.54) is 11.8 Å². The Kier molecular flexibility index (Phi) is 1.42. The summed E-state index contributed by atoms with van der Waals surface area (Å²) in [4.78, 5) is 10.4. The quantitative estimate of drug-likeness (QED) is 0.532. The van der Waals surface area contributed by atoms with E-state index in [-0.39, 0.29) is 0 Å². The zero-order chi connectivity index (χ0) is 5.98. The Balaban J connectivity index is 2.74. The Hall–Kier alpha value is -0.660. The molecule has 0 saturated heterocycles. The molecule has 0 fully saturated rings. The maximum atomic E-state index is 10.1. The van der Waals surface area contributed by atoms with Gasteiger partial charge in [-0.1, -0.05) is 0 Å². The van der Waals surface area contributed by atoms with E-state index in [4.69, 9.17) is 5.11 Å². The molecule has 0 saturated carbocycles. The lowest BCUT2D eigenvalue weighted by Gasteiger charge is -1.85. The van der Waals surface area contributed by atoms with Crippen LogP contribution >= 0.6 is 11.8 Å². The number of hydrogen-bond donors (Lipinski definition) is 1. The van der Waals surface area contributed by atoms with Crippen LogP contribution in [0.3, 0.4) is 0 Å². The number of thioether (sulfide) groups is 1. The predicted molar refractivity (Wildman–Crippen MR) is 31.7 cm³/mol. The van der Waals surface area contributed by atoms with Gasteiger partial charge in [0, 0.05) is 5.75 Å². The van der Waals surface area contributed by atoms with Crippen molar-refractivity contribution in [1.82, 2.24) is 0 Å². The molecule has 42 valence electrons. The molecule has 1 aliphatic heterocycles. The van der Waals surface area contributed by atoms with Crippen LogP contribution in [0, 0.1) is 0 Å². The lowest BCUT2D eigenvalue weighted by molar-refractivity contribution is -0.131. The van der Waals surface area contributed by atoms with Gasteiger partial charge in [-0.2, -0.15) is 0 Å². The fourth-order valence-corrected chi connectivity index (χ4v) is 1.05. The van der Waals surface area contributed by atoms with Crippen LogP contribution in [0.5, 0.6) is 0 Å². The van der Waals surface area contributed by atoms with Crippen LogP contribution in [-0.4, -0.2) is 16.8 Å². The fraction of sp³-hybridized carbons (Fsp3) is 0.200. The van der Waals surface area contributed by atoms with E-state index in [0.717, 1.165) is 5.75 Å². The average molecular weight is 128 g/mol. The van der Waals surface area contributed by atoms with Crippen LogP contribution in [0.25, 0.3) is 0 Å². The molecule has 0 aliphatic carbocycles. The van der Waals surface area contributed by atoms with Crippen molar-refractivity contribution in [2.45, 2.75) is 0 Å². The number of carboxylic acids is 1. The molecule has 0 unspecified atom stereocenters. The molecule has 0 aromatic carbocycles. The van der Waals surface area contributed by atoms with Gasteiger partial charge in [0.1, 0.15) is 4.91 Å². The van der Waals surface area contributed by atoms with Gasteiger partial charge in [0.05, 0.1) is 0 Å². The Labute approximate surface area is 50.9 Å². The predicted octanol–water partition coefficient (Wildman–Crippen LogP) is 0.857. The first-order valence-corrected chi connectivity index (χ1v) is 3.10. The van der Waals surface area contributed by atoms with E-state index < -0.39 is 5.97 Å². The summed E-state index contributed by atoms with van der Waals surface area (Å²) in [7, 11) is 0. The normalized spacial score (nSPS) is 16.2. The lowest BCUT2D eigenvalue weighted by atomic mass is 10.5. The highest BCUT2D eigenvalue weighted by molar-refractivity contribution is 8.04. The summed E-state index contributed by atoms with van der Waals surface area (Å²) in [5, 5.41) is 8.27. The van der Waals surface area contributed by atoms with Gasteiger partial charge >= 0.3 is 5.97 Å². The molecule has 1 rings (SSSR count). The molecule has 3 heteroatoms. The van der Waals surface area contributed by atoms with E-state index in [1.54, 1.807) is 6.08 Å². The summed E-state index contributed by atoms with van der Waals surface area (Å²) in [6.07, 6.45) is 1.72. The topological polar surface area (TPSA) is 37.3 Å². The standard InChI is InChI=1S/C5H4O2S/c6-5(7)4-2-1-3-8-4/h1H,3H2,(H,6,7). The third kappa shape index (κ3) is 0.941. The summed E-state index contributed by atoms with van der Waals surface area (Å²) >= 11 is 1.30. The second kappa shape index (κ2) is 2.07. The SMILES string of the molecule is O=C(O)C1=C=CCS1. The number of carbonyl (C=O) groups is 1. The molecule has 0 aromatic rings. The van der Waals surface area contributed by atoms with E-state index in [1.807, 2.05) is 0 Å². The van der Waals surface area contributed by atoms with Gasteiger partial charge in [-0.05, 0) is 6.08 Å². The fourth-order valence-electron chi connectivity index (χ4n) is 0.425. The Morgan fingerprint density at radius 1 is 2.00 bits per heavy atom. The highest BCUT2D eigenvalue weighted by atomic mass is 32.2. The van der Waals surface area contributed by atoms with Gasteiger partial charge in [0.15, 0.2) is 0 Å². The minimum atomic E-state index is -0.872. The minimum Gasteiger partial charge on any atom is -0.477 e. The molecule has 2 nitrogen and oxygen atoms in total. The van der Waals surface area contributed by atoms with Crippen LogP contribution in [0.15, 0.2) is 16.7 Å². The van der Waals surface area contributed by atoms with Crippen LogP contribution in [0.2, 0.25) is 0 Å². The van der Waals surface area contributed by atoms with Crippen molar-refractivity contribution < 1.29 is 9.90 Å². The highest BCUT2D eigenvalue weighted by Gasteiger charge is 2.08. The molecule has 1 heterocycles. The van der Waals surface area contributed by atoms with Crippen molar-refractivity contribution in [3.8, 4) is 0 Å². The molecule has 8 heavy (non-hydrogen) atoms. The molecular formula is C5H4O2S. The summed E-state index contributed by atoms with van der Waals surface area (Å²) in [6, 6.07) is 0. The molecule has 0 bridgehead atoms. The molecule has 0 spiro atoms. The molecule has 0 radical (unpaired) electrons. The van der Waals surface area contributed by atoms with Crippen molar-refractivity contribution in [2.75, 3.05) is 5.75 Å². The Morgan fingerprint density at radius 3 is 3.00 bits per heavy atom. The lowest BCUT2D eigenvalue weighted by Crippen LogP contribution is -1.92.